The SMILES string of the molecule is Cc1ccc(C)c(S(=O)(=O)N2CCN([C@H](C(=O)Nc3ccc(F)cc3)c3ccccc3)CC2)c1. The van der Waals surface area contributed by atoms with Gasteiger partial charge in [-0.15, -0.1) is 0 Å². The molecule has 0 bridgehead atoms. The summed E-state index contributed by atoms with van der Waals surface area (Å²) in [6, 6.07) is 19.8. The molecule has 4 rings (SSSR count). The van der Waals surface area contributed by atoms with Crippen LogP contribution in [0, 0.1) is 19.7 Å². The van der Waals surface area contributed by atoms with Crippen LogP contribution in [-0.4, -0.2) is 49.7 Å². The van der Waals surface area contributed by atoms with Crippen molar-refractivity contribution in [2.45, 2.75) is 24.8 Å². The molecule has 8 heteroatoms. The molecule has 1 fully saturated rings. The topological polar surface area (TPSA) is 69.7 Å². The summed E-state index contributed by atoms with van der Waals surface area (Å²) in [7, 11) is -3.63. The molecular formula is C26H28FN3O3S. The lowest BCUT2D eigenvalue weighted by Gasteiger charge is -2.38. The fraction of sp³-hybridized carbons (Fsp3) is 0.269. The molecule has 1 aliphatic heterocycles. The molecule has 3 aromatic rings. The zero-order valence-corrected chi connectivity index (χ0v) is 20.1. The predicted octanol–water partition coefficient (Wildman–Crippen LogP) is 4.13. The average Bonchev–Trinajstić information content (AvgIpc) is 2.83. The fourth-order valence-electron chi connectivity index (χ4n) is 4.23. The Kier molecular flexibility index (Phi) is 7.11. The smallest absolute Gasteiger partial charge is 0.246 e. The molecule has 0 aliphatic carbocycles. The van der Waals surface area contributed by atoms with Gasteiger partial charge in [0.2, 0.25) is 15.9 Å². The first-order valence-corrected chi connectivity index (χ1v) is 12.6. The number of sulfonamides is 1. The van der Waals surface area contributed by atoms with Crippen LogP contribution in [0.1, 0.15) is 22.7 Å². The van der Waals surface area contributed by atoms with E-state index in [0.29, 0.717) is 29.2 Å². The van der Waals surface area contributed by atoms with Crippen LogP contribution in [-0.2, 0) is 14.8 Å². The first-order valence-electron chi connectivity index (χ1n) is 11.2. The van der Waals surface area contributed by atoms with Crippen LogP contribution in [0.15, 0.2) is 77.7 Å². The van der Waals surface area contributed by atoms with Crippen LogP contribution in [0.3, 0.4) is 0 Å². The van der Waals surface area contributed by atoms with E-state index in [9.17, 15) is 17.6 Å². The number of hydrogen-bond donors (Lipinski definition) is 1. The van der Waals surface area contributed by atoms with Crippen molar-refractivity contribution in [2.75, 3.05) is 31.5 Å². The molecule has 0 unspecified atom stereocenters. The average molecular weight is 482 g/mol. The maximum Gasteiger partial charge on any atom is 0.246 e. The number of rotatable bonds is 6. The van der Waals surface area contributed by atoms with Crippen LogP contribution in [0.5, 0.6) is 0 Å². The number of hydrogen-bond acceptors (Lipinski definition) is 4. The Hall–Kier alpha value is -3.07. The third kappa shape index (κ3) is 5.19. The van der Waals surface area contributed by atoms with Gasteiger partial charge in [0.05, 0.1) is 4.90 Å². The highest BCUT2D eigenvalue weighted by Gasteiger charge is 2.35. The van der Waals surface area contributed by atoms with Gasteiger partial charge in [-0.05, 0) is 60.9 Å². The third-order valence-corrected chi connectivity index (χ3v) is 8.12. The number of carbonyl (C=O) groups is 1. The van der Waals surface area contributed by atoms with Crippen molar-refractivity contribution >= 4 is 21.6 Å². The summed E-state index contributed by atoms with van der Waals surface area (Å²) in [4.78, 5) is 15.6. The van der Waals surface area contributed by atoms with Gasteiger partial charge in [0.1, 0.15) is 11.9 Å². The highest BCUT2D eigenvalue weighted by Crippen LogP contribution is 2.27. The van der Waals surface area contributed by atoms with Gasteiger partial charge >= 0.3 is 0 Å². The van der Waals surface area contributed by atoms with E-state index < -0.39 is 16.1 Å². The lowest BCUT2D eigenvalue weighted by molar-refractivity contribution is -0.122. The summed E-state index contributed by atoms with van der Waals surface area (Å²) < 4.78 is 41.4. The number of aryl methyl sites for hydroxylation is 2. The summed E-state index contributed by atoms with van der Waals surface area (Å²) in [6.07, 6.45) is 0. The minimum atomic E-state index is -3.63. The molecule has 1 amide bonds. The summed E-state index contributed by atoms with van der Waals surface area (Å²) in [5.74, 6) is -0.623. The number of amides is 1. The maximum absolute atomic E-state index is 13.3. The Morgan fingerprint density at radius 3 is 2.21 bits per heavy atom. The second-order valence-electron chi connectivity index (χ2n) is 8.52. The molecule has 1 saturated heterocycles. The normalized spacial score (nSPS) is 16.2. The second-order valence-corrected chi connectivity index (χ2v) is 10.4. The van der Waals surface area contributed by atoms with Crippen molar-refractivity contribution in [3.05, 3.63) is 95.3 Å². The van der Waals surface area contributed by atoms with Crippen LogP contribution in [0.4, 0.5) is 10.1 Å². The highest BCUT2D eigenvalue weighted by atomic mass is 32.2. The third-order valence-electron chi connectivity index (χ3n) is 6.08. The number of nitrogens with one attached hydrogen (secondary N) is 1. The Labute approximate surface area is 200 Å². The molecule has 0 aromatic heterocycles. The van der Waals surface area contributed by atoms with Gasteiger partial charge < -0.3 is 5.32 Å². The zero-order valence-electron chi connectivity index (χ0n) is 19.2. The summed E-state index contributed by atoms with van der Waals surface area (Å²) >= 11 is 0. The minimum absolute atomic E-state index is 0.247. The predicted molar refractivity (Wildman–Crippen MR) is 130 cm³/mol. The summed E-state index contributed by atoms with van der Waals surface area (Å²) in [5, 5.41) is 2.87. The Morgan fingerprint density at radius 2 is 1.56 bits per heavy atom. The van der Waals surface area contributed by atoms with E-state index in [1.165, 1.54) is 28.6 Å². The van der Waals surface area contributed by atoms with Gasteiger partial charge in [0.15, 0.2) is 0 Å². The molecule has 178 valence electrons. The van der Waals surface area contributed by atoms with Crippen molar-refractivity contribution in [3.63, 3.8) is 0 Å². The molecular weight excluding hydrogens is 453 g/mol. The Morgan fingerprint density at radius 1 is 0.912 bits per heavy atom. The molecule has 1 heterocycles. The zero-order chi connectivity index (χ0) is 24.3. The first-order chi connectivity index (χ1) is 16.3. The van der Waals surface area contributed by atoms with E-state index in [4.69, 9.17) is 0 Å². The molecule has 0 saturated carbocycles. The van der Waals surface area contributed by atoms with Crippen LogP contribution >= 0.6 is 0 Å². The Bertz CT molecular complexity index is 1260. The van der Waals surface area contributed by atoms with E-state index in [1.807, 2.05) is 54.3 Å². The quantitative estimate of drug-likeness (QED) is 0.575. The Balaban J connectivity index is 1.53. The van der Waals surface area contributed by atoms with Crippen molar-refractivity contribution in [2.24, 2.45) is 0 Å². The van der Waals surface area contributed by atoms with Crippen molar-refractivity contribution < 1.29 is 17.6 Å². The van der Waals surface area contributed by atoms with Gasteiger partial charge in [-0.25, -0.2) is 12.8 Å². The molecule has 1 atom stereocenters. The lowest BCUT2D eigenvalue weighted by Crippen LogP contribution is -2.51. The van der Waals surface area contributed by atoms with E-state index in [2.05, 4.69) is 5.32 Å². The molecule has 34 heavy (non-hydrogen) atoms. The summed E-state index contributed by atoms with van der Waals surface area (Å²) in [6.45, 7) is 5.04. The van der Waals surface area contributed by atoms with Crippen molar-refractivity contribution in [1.29, 1.82) is 0 Å². The van der Waals surface area contributed by atoms with Gasteiger partial charge in [0.25, 0.3) is 0 Å². The second kappa shape index (κ2) is 10.0. The van der Waals surface area contributed by atoms with E-state index >= 15 is 0 Å². The van der Waals surface area contributed by atoms with E-state index in [-0.39, 0.29) is 24.8 Å². The molecule has 6 nitrogen and oxygen atoms in total. The van der Waals surface area contributed by atoms with Gasteiger partial charge in [-0.3, -0.25) is 9.69 Å². The number of carbonyl (C=O) groups excluding carboxylic acids is 1. The summed E-state index contributed by atoms with van der Waals surface area (Å²) in [5.41, 5.74) is 2.93. The van der Waals surface area contributed by atoms with E-state index in [1.54, 1.807) is 13.0 Å². The standard InChI is InChI=1S/C26H28FN3O3S/c1-19-8-9-20(2)24(18-19)34(32,33)30-16-14-29(15-17-30)25(21-6-4-3-5-7-21)26(31)28-23-12-10-22(27)11-13-23/h3-13,18,25H,14-17H2,1-2H3,(H,28,31)/t25-/m0/s1. The van der Waals surface area contributed by atoms with Crippen LogP contribution in [0.25, 0.3) is 0 Å². The van der Waals surface area contributed by atoms with Crippen molar-refractivity contribution in [3.8, 4) is 0 Å². The van der Waals surface area contributed by atoms with Crippen LogP contribution < -0.4 is 5.32 Å². The van der Waals surface area contributed by atoms with Crippen molar-refractivity contribution in [1.82, 2.24) is 9.21 Å². The number of anilines is 1. The lowest BCUT2D eigenvalue weighted by atomic mass is 10.0. The first kappa shape index (κ1) is 24.1. The monoisotopic (exact) mass is 481 g/mol. The number of benzene rings is 3. The van der Waals surface area contributed by atoms with Gasteiger partial charge in [-0.2, -0.15) is 4.31 Å². The molecule has 0 spiro atoms. The fourth-order valence-corrected chi connectivity index (χ4v) is 5.97. The number of nitrogens with zero attached hydrogens (tertiary/aromatic N) is 2. The number of halogens is 1. The van der Waals surface area contributed by atoms with Gasteiger partial charge in [-0.1, -0.05) is 42.5 Å². The van der Waals surface area contributed by atoms with Crippen LogP contribution in [0.2, 0.25) is 0 Å². The minimum Gasteiger partial charge on any atom is -0.324 e. The van der Waals surface area contributed by atoms with Gasteiger partial charge in [0, 0.05) is 31.9 Å². The molecule has 1 aliphatic rings. The highest BCUT2D eigenvalue weighted by molar-refractivity contribution is 7.89. The largest absolute Gasteiger partial charge is 0.324 e. The maximum atomic E-state index is 13.3. The number of piperazine rings is 1. The molecule has 1 N–H and O–H groups in total. The molecule has 3 aromatic carbocycles. The molecule has 0 radical (unpaired) electrons. The van der Waals surface area contributed by atoms with E-state index in [0.717, 1.165) is 11.1 Å².